The molecule has 2 rings (SSSR count). The maximum atomic E-state index is 11.6. The third-order valence-corrected chi connectivity index (χ3v) is 3.80. The molecule has 1 N–H and O–H groups in total. The third-order valence-electron chi connectivity index (χ3n) is 2.86. The monoisotopic (exact) mass is 301 g/mol. The van der Waals surface area contributed by atoms with Crippen molar-refractivity contribution in [3.8, 4) is 6.07 Å². The molecule has 0 spiro atoms. The zero-order valence-corrected chi connectivity index (χ0v) is 12.3. The maximum Gasteiger partial charge on any atom is 0.149 e. The van der Waals surface area contributed by atoms with E-state index in [0.717, 1.165) is 5.56 Å². The molecule has 0 saturated heterocycles. The Balaban J connectivity index is 2.30. The van der Waals surface area contributed by atoms with Gasteiger partial charge in [0.25, 0.3) is 0 Å². The van der Waals surface area contributed by atoms with Crippen LogP contribution in [0.5, 0.6) is 0 Å². The predicted molar refractivity (Wildman–Crippen MR) is 81.5 cm³/mol. The van der Waals surface area contributed by atoms with E-state index in [1.807, 2.05) is 36.4 Å². The van der Waals surface area contributed by atoms with Crippen molar-refractivity contribution in [2.75, 3.05) is 17.3 Å². The second-order valence-electron chi connectivity index (χ2n) is 4.72. The van der Waals surface area contributed by atoms with Crippen molar-refractivity contribution in [1.29, 1.82) is 5.26 Å². The number of nitriles is 1. The Morgan fingerprint density at radius 2 is 1.90 bits per heavy atom. The van der Waals surface area contributed by atoms with Crippen LogP contribution in [-0.4, -0.2) is 25.4 Å². The SMILES string of the molecule is CS(=O)(=O)C[C@@H](Nc1cccc(C#N)n1)c1ccccc1. The number of aromatic nitrogens is 1. The van der Waals surface area contributed by atoms with Gasteiger partial charge in [-0.25, -0.2) is 13.4 Å². The fourth-order valence-electron chi connectivity index (χ4n) is 1.97. The molecule has 1 heterocycles. The lowest BCUT2D eigenvalue weighted by atomic mass is 10.1. The molecule has 0 radical (unpaired) electrons. The number of anilines is 1. The minimum atomic E-state index is -3.16. The van der Waals surface area contributed by atoms with Gasteiger partial charge in [0.2, 0.25) is 0 Å². The van der Waals surface area contributed by atoms with Crippen molar-refractivity contribution in [1.82, 2.24) is 4.98 Å². The molecule has 5 nitrogen and oxygen atoms in total. The highest BCUT2D eigenvalue weighted by atomic mass is 32.2. The molecule has 1 atom stereocenters. The molecule has 0 aliphatic heterocycles. The number of nitrogens with one attached hydrogen (secondary N) is 1. The highest BCUT2D eigenvalue weighted by molar-refractivity contribution is 7.90. The lowest BCUT2D eigenvalue weighted by Crippen LogP contribution is -2.21. The van der Waals surface area contributed by atoms with Crippen LogP contribution < -0.4 is 5.32 Å². The molecular formula is C15H15N3O2S. The molecule has 0 saturated carbocycles. The van der Waals surface area contributed by atoms with E-state index in [-0.39, 0.29) is 11.4 Å². The van der Waals surface area contributed by atoms with Gasteiger partial charge in [-0.05, 0) is 17.7 Å². The molecule has 1 aromatic heterocycles. The standard InChI is InChI=1S/C15H15N3O2S/c1-21(19,20)11-14(12-6-3-2-4-7-12)18-15-9-5-8-13(10-16)17-15/h2-9,14H,11H2,1H3,(H,17,18)/t14-/m1/s1. The van der Waals surface area contributed by atoms with Crippen LogP contribution in [0.3, 0.4) is 0 Å². The molecule has 0 aliphatic carbocycles. The molecule has 6 heteroatoms. The highest BCUT2D eigenvalue weighted by Gasteiger charge is 2.17. The van der Waals surface area contributed by atoms with Gasteiger partial charge < -0.3 is 5.32 Å². The summed E-state index contributed by atoms with van der Waals surface area (Å²) in [4.78, 5) is 4.12. The minimum Gasteiger partial charge on any atom is -0.362 e. The summed E-state index contributed by atoms with van der Waals surface area (Å²) in [6.07, 6.45) is 1.20. The first-order valence-electron chi connectivity index (χ1n) is 6.34. The summed E-state index contributed by atoms with van der Waals surface area (Å²) < 4.78 is 23.2. The summed E-state index contributed by atoms with van der Waals surface area (Å²) in [7, 11) is -3.16. The third kappa shape index (κ3) is 4.58. The van der Waals surface area contributed by atoms with Crippen molar-refractivity contribution in [2.45, 2.75) is 6.04 Å². The van der Waals surface area contributed by atoms with Gasteiger partial charge in [0.05, 0.1) is 11.8 Å². The zero-order chi connectivity index (χ0) is 15.3. The van der Waals surface area contributed by atoms with Gasteiger partial charge in [-0.1, -0.05) is 36.4 Å². The van der Waals surface area contributed by atoms with E-state index in [4.69, 9.17) is 5.26 Å². The number of sulfone groups is 1. The Kier molecular flexibility index (Phi) is 4.55. The molecule has 0 amide bonds. The average Bonchev–Trinajstić information content (AvgIpc) is 2.46. The van der Waals surface area contributed by atoms with E-state index >= 15 is 0 Å². The Labute approximate surface area is 124 Å². The largest absolute Gasteiger partial charge is 0.362 e. The number of rotatable bonds is 5. The Morgan fingerprint density at radius 3 is 2.52 bits per heavy atom. The van der Waals surface area contributed by atoms with E-state index < -0.39 is 15.9 Å². The van der Waals surface area contributed by atoms with Gasteiger partial charge in [0.15, 0.2) is 0 Å². The Morgan fingerprint density at radius 1 is 1.19 bits per heavy atom. The first-order valence-corrected chi connectivity index (χ1v) is 8.40. The second-order valence-corrected chi connectivity index (χ2v) is 6.90. The van der Waals surface area contributed by atoms with E-state index in [1.54, 1.807) is 18.2 Å². The lowest BCUT2D eigenvalue weighted by Gasteiger charge is -2.19. The molecule has 0 unspecified atom stereocenters. The van der Waals surface area contributed by atoms with Crippen molar-refractivity contribution >= 4 is 15.7 Å². The summed E-state index contributed by atoms with van der Waals surface area (Å²) in [5.74, 6) is 0.432. The van der Waals surface area contributed by atoms with E-state index in [9.17, 15) is 8.42 Å². The molecule has 2 aromatic rings. The lowest BCUT2D eigenvalue weighted by molar-refractivity contribution is 0.597. The van der Waals surface area contributed by atoms with Crippen LogP contribution >= 0.6 is 0 Å². The fraction of sp³-hybridized carbons (Fsp3) is 0.200. The van der Waals surface area contributed by atoms with Gasteiger partial charge in [-0.3, -0.25) is 0 Å². The first-order chi connectivity index (χ1) is 9.98. The summed E-state index contributed by atoms with van der Waals surface area (Å²) in [5, 5.41) is 11.9. The van der Waals surface area contributed by atoms with Crippen LogP contribution in [0.2, 0.25) is 0 Å². The molecule has 0 fully saturated rings. The minimum absolute atomic E-state index is 0.0462. The number of hydrogen-bond donors (Lipinski definition) is 1. The summed E-state index contributed by atoms with van der Waals surface area (Å²) >= 11 is 0. The summed E-state index contributed by atoms with van der Waals surface area (Å²) in [5.41, 5.74) is 1.14. The quantitative estimate of drug-likeness (QED) is 0.915. The Bertz CT molecular complexity index is 752. The van der Waals surface area contributed by atoms with E-state index in [0.29, 0.717) is 5.82 Å². The van der Waals surface area contributed by atoms with Gasteiger partial charge in [-0.15, -0.1) is 0 Å². The molecule has 21 heavy (non-hydrogen) atoms. The van der Waals surface area contributed by atoms with Gasteiger partial charge in [-0.2, -0.15) is 5.26 Å². The van der Waals surface area contributed by atoms with Crippen LogP contribution in [0.4, 0.5) is 5.82 Å². The number of nitrogens with zero attached hydrogens (tertiary/aromatic N) is 2. The molecular weight excluding hydrogens is 286 g/mol. The molecule has 108 valence electrons. The van der Waals surface area contributed by atoms with Crippen molar-refractivity contribution in [3.63, 3.8) is 0 Å². The normalized spacial score (nSPS) is 12.4. The smallest absolute Gasteiger partial charge is 0.149 e. The highest BCUT2D eigenvalue weighted by Crippen LogP contribution is 2.20. The second kappa shape index (κ2) is 6.37. The first kappa shape index (κ1) is 15.0. The predicted octanol–water partition coefficient (Wildman–Crippen LogP) is 2.15. The number of pyridine rings is 1. The van der Waals surface area contributed by atoms with Gasteiger partial charge in [0.1, 0.15) is 27.4 Å². The van der Waals surface area contributed by atoms with Gasteiger partial charge in [0, 0.05) is 6.26 Å². The molecule has 0 aliphatic rings. The number of hydrogen-bond acceptors (Lipinski definition) is 5. The summed E-state index contributed by atoms with van der Waals surface area (Å²) in [6, 6.07) is 15.8. The fourth-order valence-corrected chi connectivity index (χ4v) is 2.85. The molecule has 1 aromatic carbocycles. The van der Waals surface area contributed by atoms with Crippen LogP contribution in [0.25, 0.3) is 0 Å². The van der Waals surface area contributed by atoms with Crippen LogP contribution in [0.15, 0.2) is 48.5 Å². The Hall–Kier alpha value is -2.39. The number of benzene rings is 1. The van der Waals surface area contributed by atoms with Crippen LogP contribution in [0, 0.1) is 11.3 Å². The average molecular weight is 301 g/mol. The van der Waals surface area contributed by atoms with Gasteiger partial charge >= 0.3 is 0 Å². The van der Waals surface area contributed by atoms with Crippen LogP contribution in [0.1, 0.15) is 17.3 Å². The molecule has 0 bridgehead atoms. The van der Waals surface area contributed by atoms with Crippen LogP contribution in [-0.2, 0) is 9.84 Å². The maximum absolute atomic E-state index is 11.6. The zero-order valence-electron chi connectivity index (χ0n) is 11.5. The topological polar surface area (TPSA) is 82.9 Å². The van der Waals surface area contributed by atoms with Crippen molar-refractivity contribution < 1.29 is 8.42 Å². The summed E-state index contributed by atoms with van der Waals surface area (Å²) in [6.45, 7) is 0. The van der Waals surface area contributed by atoms with E-state index in [2.05, 4.69) is 10.3 Å². The van der Waals surface area contributed by atoms with E-state index in [1.165, 1.54) is 6.26 Å². The van der Waals surface area contributed by atoms with Crippen molar-refractivity contribution in [2.24, 2.45) is 0 Å². The van der Waals surface area contributed by atoms with Crippen molar-refractivity contribution in [3.05, 3.63) is 59.8 Å².